The molecule has 0 unspecified atom stereocenters. The molecule has 4 atom stereocenters. The van der Waals surface area contributed by atoms with Gasteiger partial charge in [-0.25, -0.2) is 4.98 Å². The van der Waals surface area contributed by atoms with Gasteiger partial charge in [-0.3, -0.25) is 14.4 Å². The molecule has 10 heteroatoms. The maximum Gasteiger partial charge on any atom is 0.309 e. The first-order valence-corrected chi connectivity index (χ1v) is 14.5. The van der Waals surface area contributed by atoms with E-state index in [-0.39, 0.29) is 29.5 Å². The van der Waals surface area contributed by atoms with E-state index in [0.717, 1.165) is 17.7 Å². The lowest BCUT2D eigenvalue weighted by atomic mass is 9.88. The molecule has 0 aliphatic rings. The van der Waals surface area contributed by atoms with Crippen LogP contribution in [0.5, 0.6) is 23.0 Å². The molecule has 1 aromatic heterocycles. The number of rotatable bonds is 17. The zero-order valence-electron chi connectivity index (χ0n) is 26.1. The number of carbonyl (C=O) groups excluding carboxylic acids is 3. The Kier molecular flexibility index (Phi) is 13.0. The highest BCUT2D eigenvalue weighted by atomic mass is 16.7. The van der Waals surface area contributed by atoms with Crippen LogP contribution in [0, 0.1) is 11.8 Å². The first-order chi connectivity index (χ1) is 21.2. The number of nitrogens with zero attached hydrogens (tertiary/aromatic N) is 1. The number of esters is 2. The second-order valence-corrected chi connectivity index (χ2v) is 10.4. The zero-order valence-corrected chi connectivity index (χ0v) is 26.1. The third-order valence-corrected chi connectivity index (χ3v) is 7.14. The minimum Gasteiger partial charge on any atom is -0.497 e. The number of benzene rings is 2. The molecule has 44 heavy (non-hydrogen) atoms. The largest absolute Gasteiger partial charge is 0.497 e. The molecule has 0 bridgehead atoms. The Balaban J connectivity index is 1.74. The van der Waals surface area contributed by atoms with Crippen LogP contribution >= 0.6 is 0 Å². The lowest BCUT2D eigenvalue weighted by Gasteiger charge is -2.32. The number of para-hydroxylation sites is 1. The van der Waals surface area contributed by atoms with Gasteiger partial charge >= 0.3 is 11.9 Å². The van der Waals surface area contributed by atoms with Crippen LogP contribution in [0.3, 0.4) is 0 Å². The van der Waals surface area contributed by atoms with Crippen molar-refractivity contribution in [2.24, 2.45) is 11.8 Å². The van der Waals surface area contributed by atoms with Crippen LogP contribution in [0.15, 0.2) is 66.9 Å². The summed E-state index contributed by atoms with van der Waals surface area (Å²) in [6, 6.07) is 18.8. The second-order valence-electron chi connectivity index (χ2n) is 10.4. The van der Waals surface area contributed by atoms with E-state index < -0.39 is 42.6 Å². The van der Waals surface area contributed by atoms with Crippen molar-refractivity contribution < 1.29 is 42.8 Å². The van der Waals surface area contributed by atoms with Gasteiger partial charge in [-0.2, -0.15) is 0 Å². The summed E-state index contributed by atoms with van der Waals surface area (Å²) in [6.45, 7) is 6.31. The van der Waals surface area contributed by atoms with Gasteiger partial charge < -0.3 is 28.4 Å². The Hall–Kier alpha value is -4.60. The van der Waals surface area contributed by atoms with E-state index in [4.69, 9.17) is 28.4 Å². The molecular weight excluding hydrogens is 566 g/mol. The highest BCUT2D eigenvalue weighted by Gasteiger charge is 2.33. The molecule has 3 rings (SSSR count). The van der Waals surface area contributed by atoms with Gasteiger partial charge in [-0.05, 0) is 49.6 Å². The third-order valence-electron chi connectivity index (χ3n) is 7.14. The zero-order chi connectivity index (χ0) is 32.1. The Morgan fingerprint density at radius 2 is 1.59 bits per heavy atom. The van der Waals surface area contributed by atoms with Crippen molar-refractivity contribution in [1.82, 2.24) is 4.98 Å². The fraction of sp³-hybridized carbons (Fsp3) is 0.412. The highest BCUT2D eigenvalue weighted by molar-refractivity contribution is 5.99. The summed E-state index contributed by atoms with van der Waals surface area (Å²) in [5.41, 5.74) is 1.06. The molecule has 0 radical (unpaired) electrons. The van der Waals surface area contributed by atoms with Crippen molar-refractivity contribution in [2.75, 3.05) is 21.0 Å². The molecular formula is C34H41NO9. The summed E-state index contributed by atoms with van der Waals surface area (Å²) in [5, 5.41) is 0. The number of hydrogen-bond acceptors (Lipinski definition) is 10. The number of aromatic nitrogens is 1. The molecule has 3 aromatic rings. The maximum atomic E-state index is 13.3. The van der Waals surface area contributed by atoms with E-state index in [1.807, 2.05) is 54.6 Å². The van der Waals surface area contributed by atoms with Gasteiger partial charge in [0.25, 0.3) is 0 Å². The van der Waals surface area contributed by atoms with Gasteiger partial charge in [0.05, 0.1) is 20.1 Å². The van der Waals surface area contributed by atoms with E-state index in [0.29, 0.717) is 12.2 Å². The van der Waals surface area contributed by atoms with Gasteiger partial charge in [0, 0.05) is 31.5 Å². The van der Waals surface area contributed by atoms with Crippen molar-refractivity contribution in [2.45, 2.75) is 59.2 Å². The second kappa shape index (κ2) is 16.9. The molecule has 2 aromatic carbocycles. The lowest BCUT2D eigenvalue weighted by molar-refractivity contribution is -0.158. The van der Waals surface area contributed by atoms with Crippen molar-refractivity contribution in [1.29, 1.82) is 0 Å². The number of methoxy groups -OCH3 is 2. The smallest absolute Gasteiger partial charge is 0.309 e. The predicted octanol–water partition coefficient (Wildman–Crippen LogP) is 5.86. The number of ketones is 1. The fourth-order valence-electron chi connectivity index (χ4n) is 4.71. The van der Waals surface area contributed by atoms with Crippen LogP contribution < -0.4 is 18.9 Å². The SMILES string of the molecule is CC[C@H](Cc1ccc(OC)cc1)[C@@H](Oc1ccccc1)[C@H](C)OC(=O)[C@H](C)CC(=O)c1nccc(OC)c1OCOC(C)=O. The Bertz CT molecular complexity index is 1360. The van der Waals surface area contributed by atoms with Gasteiger partial charge in [0.1, 0.15) is 23.7 Å². The molecule has 0 N–H and O–H groups in total. The molecule has 0 aliphatic carbocycles. The van der Waals surface area contributed by atoms with Crippen molar-refractivity contribution in [3.05, 3.63) is 78.1 Å². The predicted molar refractivity (Wildman–Crippen MR) is 163 cm³/mol. The molecule has 236 valence electrons. The number of carbonyl (C=O) groups is 3. The molecule has 10 nitrogen and oxygen atoms in total. The molecule has 1 heterocycles. The molecule has 0 fully saturated rings. The van der Waals surface area contributed by atoms with Crippen LogP contribution in [0.2, 0.25) is 0 Å². The summed E-state index contributed by atoms with van der Waals surface area (Å²) in [6.07, 6.45) is 1.60. The van der Waals surface area contributed by atoms with Crippen molar-refractivity contribution >= 4 is 17.7 Å². The first kappa shape index (κ1) is 33.9. The minimum absolute atomic E-state index is 0.0150. The highest BCUT2D eigenvalue weighted by Crippen LogP contribution is 2.31. The van der Waals surface area contributed by atoms with Crippen molar-refractivity contribution in [3.63, 3.8) is 0 Å². The average molecular weight is 608 g/mol. The summed E-state index contributed by atoms with van der Waals surface area (Å²) < 4.78 is 33.3. The molecule has 0 saturated heterocycles. The quantitative estimate of drug-likeness (QED) is 0.105. The number of pyridine rings is 1. The van der Waals surface area contributed by atoms with E-state index in [2.05, 4.69) is 11.9 Å². The third kappa shape index (κ3) is 9.72. The molecule has 0 amide bonds. The van der Waals surface area contributed by atoms with Gasteiger partial charge in [0.15, 0.2) is 23.0 Å². The van der Waals surface area contributed by atoms with E-state index in [1.165, 1.54) is 26.3 Å². The van der Waals surface area contributed by atoms with Crippen LogP contribution in [-0.4, -0.2) is 55.9 Å². The van der Waals surface area contributed by atoms with Crippen LogP contribution in [0.25, 0.3) is 0 Å². The topological polar surface area (TPSA) is 119 Å². The Morgan fingerprint density at radius 3 is 2.20 bits per heavy atom. The summed E-state index contributed by atoms with van der Waals surface area (Å²) in [4.78, 5) is 41.9. The molecule has 0 saturated carbocycles. The van der Waals surface area contributed by atoms with Crippen molar-refractivity contribution in [3.8, 4) is 23.0 Å². The summed E-state index contributed by atoms with van der Waals surface area (Å²) in [7, 11) is 3.04. The standard InChI is InChI=1S/C34H41NO9/c1-7-26(20-25-13-15-27(39-5)16-14-25)32(44-28-11-9-8-10-12-28)23(3)43-34(38)22(2)19-29(37)31-33(42-21-41-24(4)36)30(40-6)17-18-35-31/h8-18,22-23,26,32H,7,19-21H2,1-6H3/t22-,23+,26-,32+/m1/s1. The molecule has 0 aliphatic heterocycles. The van der Waals surface area contributed by atoms with Gasteiger partial charge in [0.2, 0.25) is 6.79 Å². The average Bonchev–Trinajstić information content (AvgIpc) is 3.03. The number of Topliss-reactive ketones (excluding diaryl/α,β-unsaturated/α-hetero) is 1. The van der Waals surface area contributed by atoms with E-state index in [9.17, 15) is 14.4 Å². The fourth-order valence-corrected chi connectivity index (χ4v) is 4.71. The Labute approximate surface area is 258 Å². The van der Waals surface area contributed by atoms with Crippen LogP contribution in [-0.2, 0) is 25.5 Å². The first-order valence-electron chi connectivity index (χ1n) is 14.5. The number of hydrogen-bond donors (Lipinski definition) is 0. The Morgan fingerprint density at radius 1 is 0.886 bits per heavy atom. The van der Waals surface area contributed by atoms with Gasteiger partial charge in [-0.15, -0.1) is 0 Å². The summed E-state index contributed by atoms with van der Waals surface area (Å²) in [5.74, 6) is -0.619. The minimum atomic E-state index is -0.793. The van der Waals surface area contributed by atoms with Crippen LogP contribution in [0.1, 0.15) is 56.6 Å². The monoisotopic (exact) mass is 607 g/mol. The van der Waals surface area contributed by atoms with E-state index >= 15 is 0 Å². The normalized spacial score (nSPS) is 13.5. The summed E-state index contributed by atoms with van der Waals surface area (Å²) >= 11 is 0. The lowest BCUT2D eigenvalue weighted by Crippen LogP contribution is -2.41. The van der Waals surface area contributed by atoms with Crippen LogP contribution in [0.4, 0.5) is 0 Å². The number of ether oxygens (including phenoxy) is 6. The van der Waals surface area contributed by atoms with E-state index in [1.54, 1.807) is 21.0 Å². The van der Waals surface area contributed by atoms with Gasteiger partial charge in [-0.1, -0.05) is 44.2 Å². The maximum absolute atomic E-state index is 13.3. The molecule has 0 spiro atoms.